The molecule has 0 fully saturated rings. The number of ether oxygens (including phenoxy) is 1. The number of pyridine rings is 1. The molecule has 0 N–H and O–H groups in total. The van der Waals surface area contributed by atoms with Crippen molar-refractivity contribution in [2.75, 3.05) is 19.5 Å². The van der Waals surface area contributed by atoms with Crippen molar-refractivity contribution in [3.63, 3.8) is 0 Å². The standard InChI is InChI=1S/C17H19N5O3S/c1-24-7-6-22-10-16(25-21-22)20-15(23)11-26-17-13(9-18)8-12-4-2-3-5-14(12)19-17/h8,10H,2-7,11H2,1H3. The number of hydrogen-bond donors (Lipinski definition) is 0. The van der Waals surface area contributed by atoms with E-state index >= 15 is 0 Å². The summed E-state index contributed by atoms with van der Waals surface area (Å²) in [5, 5.41) is 25.8. The first-order valence-corrected chi connectivity index (χ1v) is 9.34. The van der Waals surface area contributed by atoms with Gasteiger partial charge in [-0.25, -0.2) is 9.98 Å². The monoisotopic (exact) mass is 373 g/mol. The van der Waals surface area contributed by atoms with Crippen molar-refractivity contribution in [1.29, 1.82) is 5.26 Å². The minimum Gasteiger partial charge on any atom is -0.861 e. The Morgan fingerprint density at radius 1 is 1.50 bits per heavy atom. The van der Waals surface area contributed by atoms with E-state index in [4.69, 9.17) is 9.26 Å². The van der Waals surface area contributed by atoms with Crippen LogP contribution in [0.3, 0.4) is 0 Å². The van der Waals surface area contributed by atoms with Crippen molar-refractivity contribution >= 4 is 23.5 Å². The molecule has 0 aliphatic heterocycles. The topological polar surface area (TPSA) is 111 Å². The average molecular weight is 373 g/mol. The molecular weight excluding hydrogens is 354 g/mol. The normalized spacial score (nSPS) is 14.1. The zero-order valence-corrected chi connectivity index (χ0v) is 15.3. The predicted octanol–water partition coefficient (Wildman–Crippen LogP) is 0.937. The lowest BCUT2D eigenvalue weighted by Gasteiger charge is -2.17. The van der Waals surface area contributed by atoms with E-state index in [0.29, 0.717) is 23.7 Å². The van der Waals surface area contributed by atoms with Gasteiger partial charge in [-0.1, -0.05) is 11.8 Å². The van der Waals surface area contributed by atoms with E-state index in [0.717, 1.165) is 36.9 Å². The van der Waals surface area contributed by atoms with Crippen LogP contribution in [0, 0.1) is 11.3 Å². The molecule has 8 nitrogen and oxygen atoms in total. The van der Waals surface area contributed by atoms with E-state index in [1.807, 2.05) is 6.07 Å². The summed E-state index contributed by atoms with van der Waals surface area (Å²) in [6.45, 7) is 1.00. The largest absolute Gasteiger partial charge is 0.861 e. The van der Waals surface area contributed by atoms with Gasteiger partial charge in [0.2, 0.25) is 11.8 Å². The van der Waals surface area contributed by atoms with Crippen LogP contribution in [0.4, 0.5) is 5.88 Å². The van der Waals surface area contributed by atoms with Gasteiger partial charge in [-0.2, -0.15) is 5.26 Å². The summed E-state index contributed by atoms with van der Waals surface area (Å²) in [6.07, 6.45) is 5.67. The number of methoxy groups -OCH3 is 1. The smallest absolute Gasteiger partial charge is 0.320 e. The van der Waals surface area contributed by atoms with Crippen LogP contribution in [-0.2, 0) is 24.1 Å². The average Bonchev–Trinajstić information content (AvgIpc) is 3.11. The summed E-state index contributed by atoms with van der Waals surface area (Å²) < 4.78 is 11.5. The second kappa shape index (κ2) is 8.78. The first-order valence-electron chi connectivity index (χ1n) is 8.35. The molecule has 2 aromatic rings. The molecule has 0 saturated heterocycles. The maximum atomic E-state index is 12.1. The van der Waals surface area contributed by atoms with Crippen LogP contribution in [0.15, 0.2) is 26.8 Å². The highest BCUT2D eigenvalue weighted by Gasteiger charge is 2.15. The number of thioether (sulfide) groups is 1. The van der Waals surface area contributed by atoms with Crippen molar-refractivity contribution in [3.05, 3.63) is 29.1 Å². The SMILES string of the molecule is COCC[n+]1cc(/N=C(\[O-])CSc2nc3c(cc2C#N)CCCC3)on1. The maximum Gasteiger partial charge on any atom is 0.320 e. The highest BCUT2D eigenvalue weighted by atomic mass is 32.2. The van der Waals surface area contributed by atoms with Gasteiger partial charge in [0.25, 0.3) is 6.20 Å². The number of fused-ring (bicyclic) bond motifs is 1. The Balaban J connectivity index is 1.66. The van der Waals surface area contributed by atoms with Crippen LogP contribution in [0.25, 0.3) is 0 Å². The third-order valence-electron chi connectivity index (χ3n) is 3.98. The predicted molar refractivity (Wildman–Crippen MR) is 92.0 cm³/mol. The lowest BCUT2D eigenvalue weighted by Crippen LogP contribution is -2.36. The fraction of sp³-hybridized carbons (Fsp3) is 0.471. The van der Waals surface area contributed by atoms with Gasteiger partial charge in [-0.05, 0) is 47.9 Å². The molecular formula is C17H19N5O3S. The zero-order valence-electron chi connectivity index (χ0n) is 14.5. The summed E-state index contributed by atoms with van der Waals surface area (Å²) in [5.41, 5.74) is 2.70. The molecule has 0 aromatic carbocycles. The molecule has 3 rings (SSSR count). The van der Waals surface area contributed by atoms with Gasteiger partial charge in [0.1, 0.15) is 17.7 Å². The van der Waals surface area contributed by atoms with E-state index in [1.165, 1.54) is 16.4 Å². The first-order chi connectivity index (χ1) is 12.7. The van der Waals surface area contributed by atoms with E-state index in [2.05, 4.69) is 21.3 Å². The lowest BCUT2D eigenvalue weighted by atomic mass is 9.95. The summed E-state index contributed by atoms with van der Waals surface area (Å²) in [4.78, 5) is 8.48. The van der Waals surface area contributed by atoms with E-state index < -0.39 is 0 Å². The number of aliphatic imine (C=N–C) groups is 1. The molecule has 0 bridgehead atoms. The molecule has 0 unspecified atom stereocenters. The zero-order chi connectivity index (χ0) is 18.4. The van der Waals surface area contributed by atoms with E-state index in [1.54, 1.807) is 13.3 Å². The third-order valence-corrected chi connectivity index (χ3v) is 4.95. The van der Waals surface area contributed by atoms with Gasteiger partial charge in [0.05, 0.1) is 5.56 Å². The molecule has 136 valence electrons. The fourth-order valence-electron chi connectivity index (χ4n) is 2.70. The lowest BCUT2D eigenvalue weighted by molar-refractivity contribution is -0.763. The van der Waals surface area contributed by atoms with Crippen molar-refractivity contribution < 1.29 is 19.0 Å². The highest BCUT2D eigenvalue weighted by Crippen LogP contribution is 2.27. The molecule has 0 radical (unpaired) electrons. The molecule has 0 amide bonds. The third kappa shape index (κ3) is 4.59. The Bertz CT molecular complexity index is 843. The van der Waals surface area contributed by atoms with Gasteiger partial charge >= 0.3 is 5.88 Å². The van der Waals surface area contributed by atoms with E-state index in [-0.39, 0.29) is 17.5 Å². The Morgan fingerprint density at radius 3 is 3.15 bits per heavy atom. The van der Waals surface area contributed by atoms with Crippen LogP contribution >= 0.6 is 11.8 Å². The van der Waals surface area contributed by atoms with E-state index in [9.17, 15) is 10.4 Å². The Kier molecular flexibility index (Phi) is 6.20. The second-order valence-corrected chi connectivity index (χ2v) is 6.82. The van der Waals surface area contributed by atoms with Crippen LogP contribution in [0.5, 0.6) is 0 Å². The summed E-state index contributed by atoms with van der Waals surface area (Å²) >= 11 is 1.23. The first kappa shape index (κ1) is 18.4. The Labute approximate surface area is 155 Å². The van der Waals surface area contributed by atoms with Crippen molar-refractivity contribution in [2.24, 2.45) is 4.99 Å². The number of aryl methyl sites for hydroxylation is 2. The van der Waals surface area contributed by atoms with Crippen molar-refractivity contribution in [1.82, 2.24) is 10.3 Å². The molecule has 1 aliphatic rings. The summed E-state index contributed by atoms with van der Waals surface area (Å²) in [6, 6.07) is 4.08. The number of rotatable bonds is 7. The van der Waals surface area contributed by atoms with Gasteiger partial charge in [0, 0.05) is 18.6 Å². The van der Waals surface area contributed by atoms with Gasteiger partial charge in [0.15, 0.2) is 0 Å². The quantitative estimate of drug-likeness (QED) is 0.307. The number of nitrogens with zero attached hydrogens (tertiary/aromatic N) is 5. The van der Waals surface area contributed by atoms with Crippen LogP contribution in [-0.4, -0.2) is 35.6 Å². The second-order valence-electron chi connectivity index (χ2n) is 5.86. The molecule has 0 spiro atoms. The maximum absolute atomic E-state index is 12.1. The van der Waals surface area contributed by atoms with Crippen LogP contribution in [0.1, 0.15) is 29.7 Å². The minimum atomic E-state index is -0.367. The molecule has 0 atom stereocenters. The molecule has 2 aromatic heterocycles. The number of hydrogen-bond acceptors (Lipinski definition) is 8. The number of aromatic nitrogens is 3. The number of nitriles is 1. The summed E-state index contributed by atoms with van der Waals surface area (Å²) in [5.74, 6) is -0.141. The van der Waals surface area contributed by atoms with Gasteiger partial charge < -0.3 is 9.84 Å². The van der Waals surface area contributed by atoms with Crippen molar-refractivity contribution in [3.8, 4) is 6.07 Å². The molecule has 0 saturated carbocycles. The molecule has 26 heavy (non-hydrogen) atoms. The van der Waals surface area contributed by atoms with Crippen LogP contribution in [0.2, 0.25) is 0 Å². The molecule has 2 heterocycles. The molecule has 1 aliphatic carbocycles. The van der Waals surface area contributed by atoms with Crippen LogP contribution < -0.4 is 9.79 Å². The minimum absolute atomic E-state index is 0.0826. The Hall–Kier alpha value is -2.44. The Morgan fingerprint density at radius 2 is 2.35 bits per heavy atom. The van der Waals surface area contributed by atoms with Crippen molar-refractivity contribution in [2.45, 2.75) is 37.3 Å². The highest BCUT2D eigenvalue weighted by molar-refractivity contribution is 7.99. The molecule has 9 heteroatoms. The van der Waals surface area contributed by atoms with Gasteiger partial charge in [-0.15, -0.1) is 0 Å². The summed E-state index contributed by atoms with van der Waals surface area (Å²) in [7, 11) is 1.59. The fourth-order valence-corrected chi connectivity index (χ4v) is 3.46. The van der Waals surface area contributed by atoms with Gasteiger partial charge in [-0.3, -0.25) is 4.52 Å².